The predicted molar refractivity (Wildman–Crippen MR) is 123 cm³/mol. The molecule has 1 fully saturated rings. The highest BCUT2D eigenvalue weighted by molar-refractivity contribution is 7.99. The number of carbonyl (C=O) groups is 1. The Kier molecular flexibility index (Phi) is 7.31. The summed E-state index contributed by atoms with van der Waals surface area (Å²) in [6.45, 7) is 3.60. The van der Waals surface area contributed by atoms with Crippen LogP contribution in [-0.2, 0) is 14.8 Å². The number of carbonyl (C=O) groups excluding carboxylic acids is 1. The number of para-hydroxylation sites is 1. The van der Waals surface area contributed by atoms with Crippen molar-refractivity contribution in [2.24, 2.45) is 0 Å². The Hall–Kier alpha value is -2.89. The van der Waals surface area contributed by atoms with E-state index in [2.05, 4.69) is 10.2 Å². The van der Waals surface area contributed by atoms with Crippen LogP contribution < -0.4 is 4.74 Å². The summed E-state index contributed by atoms with van der Waals surface area (Å²) in [6.07, 6.45) is 0. The summed E-state index contributed by atoms with van der Waals surface area (Å²) in [5, 5.41) is 8.38. The first-order valence-corrected chi connectivity index (χ1v) is 12.9. The number of hydrogen-bond acceptors (Lipinski definition) is 8. The maximum atomic E-state index is 12.7. The molecule has 1 aliphatic rings. The van der Waals surface area contributed by atoms with Gasteiger partial charge in [-0.15, -0.1) is 10.2 Å². The number of piperazine rings is 1. The highest BCUT2D eigenvalue weighted by atomic mass is 32.2. The van der Waals surface area contributed by atoms with Gasteiger partial charge in [0.1, 0.15) is 5.75 Å². The Morgan fingerprint density at radius 3 is 2.45 bits per heavy atom. The van der Waals surface area contributed by atoms with Gasteiger partial charge in [-0.3, -0.25) is 4.79 Å². The molecule has 9 nitrogen and oxygen atoms in total. The summed E-state index contributed by atoms with van der Waals surface area (Å²) in [6, 6.07) is 15.7. The summed E-state index contributed by atoms with van der Waals surface area (Å²) < 4.78 is 38.2. The SMILES string of the molecule is CCOc1ccccc1-c1nnc(SCC(=O)N2CCN(S(=O)(=O)c3ccccc3)CC2)o1. The van der Waals surface area contributed by atoms with Crippen LogP contribution in [0.15, 0.2) is 69.1 Å². The van der Waals surface area contributed by atoms with Gasteiger partial charge >= 0.3 is 0 Å². The van der Waals surface area contributed by atoms with E-state index in [1.807, 2.05) is 31.2 Å². The van der Waals surface area contributed by atoms with Crippen molar-refractivity contribution in [3.8, 4) is 17.2 Å². The average molecular weight is 489 g/mol. The van der Waals surface area contributed by atoms with Gasteiger partial charge in [0.2, 0.25) is 15.9 Å². The quantitative estimate of drug-likeness (QED) is 0.446. The number of amides is 1. The van der Waals surface area contributed by atoms with Crippen molar-refractivity contribution >= 4 is 27.7 Å². The Labute approximate surface area is 196 Å². The van der Waals surface area contributed by atoms with Gasteiger partial charge < -0.3 is 14.1 Å². The highest BCUT2D eigenvalue weighted by Gasteiger charge is 2.30. The molecular weight excluding hydrogens is 464 g/mol. The molecule has 2 aromatic carbocycles. The third kappa shape index (κ3) is 5.37. The van der Waals surface area contributed by atoms with E-state index in [0.29, 0.717) is 36.9 Å². The van der Waals surface area contributed by atoms with Crippen LogP contribution in [0, 0.1) is 0 Å². The fraction of sp³-hybridized carbons (Fsp3) is 0.318. The first-order valence-electron chi connectivity index (χ1n) is 10.5. The Morgan fingerprint density at radius 2 is 1.73 bits per heavy atom. The molecule has 0 spiro atoms. The molecule has 4 rings (SSSR count). The minimum atomic E-state index is -3.55. The van der Waals surface area contributed by atoms with E-state index in [1.165, 1.54) is 4.31 Å². The second-order valence-electron chi connectivity index (χ2n) is 7.19. The standard InChI is InChI=1S/C22H24N4O5S2/c1-2-30-19-11-7-6-10-18(19)21-23-24-22(31-21)32-16-20(27)25-12-14-26(15-13-25)33(28,29)17-8-4-3-5-9-17/h3-11H,2,12-16H2,1H3. The van der Waals surface area contributed by atoms with Crippen LogP contribution in [0.5, 0.6) is 5.75 Å². The number of benzene rings is 2. The lowest BCUT2D eigenvalue weighted by Crippen LogP contribution is -2.50. The zero-order valence-corrected chi connectivity index (χ0v) is 19.7. The van der Waals surface area contributed by atoms with Crippen molar-refractivity contribution in [2.75, 3.05) is 38.5 Å². The molecule has 33 heavy (non-hydrogen) atoms. The molecule has 2 heterocycles. The third-order valence-corrected chi connectivity index (χ3v) is 7.83. The molecule has 1 aromatic heterocycles. The lowest BCUT2D eigenvalue weighted by atomic mass is 10.2. The molecule has 0 bridgehead atoms. The normalized spacial score (nSPS) is 14.9. The monoisotopic (exact) mass is 488 g/mol. The second kappa shape index (κ2) is 10.4. The van der Waals surface area contributed by atoms with Gasteiger partial charge in [-0.25, -0.2) is 8.42 Å². The van der Waals surface area contributed by atoms with E-state index in [1.54, 1.807) is 35.2 Å². The van der Waals surface area contributed by atoms with E-state index < -0.39 is 10.0 Å². The number of aromatic nitrogens is 2. The van der Waals surface area contributed by atoms with Gasteiger partial charge in [0.05, 0.1) is 22.8 Å². The molecule has 0 atom stereocenters. The smallest absolute Gasteiger partial charge is 0.277 e. The van der Waals surface area contributed by atoms with Gasteiger partial charge in [-0.1, -0.05) is 42.1 Å². The van der Waals surface area contributed by atoms with Crippen molar-refractivity contribution in [1.82, 2.24) is 19.4 Å². The Balaban J connectivity index is 1.31. The number of ether oxygens (including phenoxy) is 1. The molecule has 0 N–H and O–H groups in total. The summed E-state index contributed by atoms with van der Waals surface area (Å²) >= 11 is 1.16. The van der Waals surface area contributed by atoms with Crippen LogP contribution in [-0.4, -0.2) is 72.3 Å². The van der Waals surface area contributed by atoms with E-state index in [9.17, 15) is 13.2 Å². The molecule has 0 radical (unpaired) electrons. The number of hydrogen-bond donors (Lipinski definition) is 0. The van der Waals surface area contributed by atoms with Crippen molar-refractivity contribution in [3.05, 3.63) is 54.6 Å². The van der Waals surface area contributed by atoms with E-state index in [4.69, 9.17) is 9.15 Å². The zero-order valence-electron chi connectivity index (χ0n) is 18.1. The van der Waals surface area contributed by atoms with Crippen molar-refractivity contribution in [2.45, 2.75) is 17.0 Å². The molecule has 0 aliphatic carbocycles. The van der Waals surface area contributed by atoms with Crippen LogP contribution in [0.1, 0.15) is 6.92 Å². The Morgan fingerprint density at radius 1 is 1.03 bits per heavy atom. The first kappa shape index (κ1) is 23.3. The fourth-order valence-corrected chi connectivity index (χ4v) is 5.54. The maximum absolute atomic E-state index is 12.7. The number of nitrogens with zero attached hydrogens (tertiary/aromatic N) is 4. The van der Waals surface area contributed by atoms with Crippen molar-refractivity contribution < 1.29 is 22.4 Å². The van der Waals surface area contributed by atoms with E-state index in [-0.39, 0.29) is 34.9 Å². The molecule has 0 saturated carbocycles. The molecule has 11 heteroatoms. The van der Waals surface area contributed by atoms with Crippen LogP contribution in [0.3, 0.4) is 0 Å². The van der Waals surface area contributed by atoms with E-state index >= 15 is 0 Å². The molecule has 3 aromatic rings. The summed E-state index contributed by atoms with van der Waals surface area (Å²) in [5.41, 5.74) is 0.695. The summed E-state index contributed by atoms with van der Waals surface area (Å²) in [7, 11) is -3.55. The minimum absolute atomic E-state index is 0.105. The van der Waals surface area contributed by atoms with Crippen LogP contribution in [0.2, 0.25) is 0 Å². The lowest BCUT2D eigenvalue weighted by molar-refractivity contribution is -0.129. The van der Waals surface area contributed by atoms with Crippen LogP contribution in [0.25, 0.3) is 11.5 Å². The largest absolute Gasteiger partial charge is 0.493 e. The van der Waals surface area contributed by atoms with Gasteiger partial charge in [0, 0.05) is 26.2 Å². The average Bonchev–Trinajstić information content (AvgIpc) is 3.32. The molecule has 0 unspecified atom stereocenters. The zero-order chi connectivity index (χ0) is 23.3. The number of rotatable bonds is 8. The number of sulfonamides is 1. The topological polar surface area (TPSA) is 106 Å². The third-order valence-electron chi connectivity index (χ3n) is 5.12. The summed E-state index contributed by atoms with van der Waals surface area (Å²) in [4.78, 5) is 14.6. The molecule has 1 saturated heterocycles. The Bertz CT molecular complexity index is 1190. The molecule has 1 aliphatic heterocycles. The number of thioether (sulfide) groups is 1. The van der Waals surface area contributed by atoms with Gasteiger partial charge in [0.15, 0.2) is 0 Å². The van der Waals surface area contributed by atoms with Gasteiger partial charge in [-0.05, 0) is 31.2 Å². The highest BCUT2D eigenvalue weighted by Crippen LogP contribution is 2.30. The lowest BCUT2D eigenvalue weighted by Gasteiger charge is -2.33. The molecular formula is C22H24N4O5S2. The minimum Gasteiger partial charge on any atom is -0.493 e. The first-order chi connectivity index (χ1) is 16.0. The van der Waals surface area contributed by atoms with Crippen molar-refractivity contribution in [3.63, 3.8) is 0 Å². The van der Waals surface area contributed by atoms with Crippen molar-refractivity contribution in [1.29, 1.82) is 0 Å². The fourth-order valence-electron chi connectivity index (χ4n) is 3.44. The molecule has 174 valence electrons. The van der Waals surface area contributed by atoms with E-state index in [0.717, 1.165) is 11.8 Å². The summed E-state index contributed by atoms with van der Waals surface area (Å²) in [5.74, 6) is 1.000. The predicted octanol–water partition coefficient (Wildman–Crippen LogP) is 2.76. The van der Waals surface area contributed by atoms with Gasteiger partial charge in [-0.2, -0.15) is 4.31 Å². The molecule has 1 amide bonds. The van der Waals surface area contributed by atoms with Gasteiger partial charge in [0.25, 0.3) is 11.1 Å². The maximum Gasteiger partial charge on any atom is 0.277 e. The van der Waals surface area contributed by atoms with Crippen LogP contribution >= 0.6 is 11.8 Å². The van der Waals surface area contributed by atoms with Crippen LogP contribution in [0.4, 0.5) is 0 Å². The second-order valence-corrected chi connectivity index (χ2v) is 10.1.